The molecule has 0 heterocycles. The number of halogens is 2. The van der Waals surface area contributed by atoms with E-state index in [9.17, 15) is 23.8 Å². The minimum atomic E-state index is -0.833. The van der Waals surface area contributed by atoms with Gasteiger partial charge in [0.05, 0.1) is 6.10 Å². The van der Waals surface area contributed by atoms with Gasteiger partial charge in [-0.1, -0.05) is 48.5 Å². The van der Waals surface area contributed by atoms with Crippen LogP contribution in [-0.2, 0) is 11.2 Å². The summed E-state index contributed by atoms with van der Waals surface area (Å²) in [7, 11) is 1.66. The number of aliphatic hydroxyl groups excluding tert-OH is 1. The number of aromatic hydroxyl groups is 1. The summed E-state index contributed by atoms with van der Waals surface area (Å²) in [5.41, 5.74) is 3.95. The molecule has 0 spiro atoms. The van der Waals surface area contributed by atoms with E-state index in [2.05, 4.69) is 0 Å². The van der Waals surface area contributed by atoms with E-state index in [0.29, 0.717) is 30.5 Å². The molecule has 6 heteroatoms. The summed E-state index contributed by atoms with van der Waals surface area (Å²) in [4.78, 5) is 15.0. The lowest BCUT2D eigenvalue weighted by atomic mass is 9.90. The SMILES string of the molecule is CN(C(=O)C(CCC(O)c1ccc(F)cc1)Cc1ccc(-c2cccc(O)c2)cc1)c1ccc(F)cc1. The van der Waals surface area contributed by atoms with Crippen LogP contribution in [0.1, 0.15) is 30.1 Å². The van der Waals surface area contributed by atoms with Crippen LogP contribution in [-0.4, -0.2) is 23.2 Å². The third-order valence-electron chi connectivity index (χ3n) is 6.55. The fourth-order valence-corrected chi connectivity index (χ4v) is 4.39. The lowest BCUT2D eigenvalue weighted by Crippen LogP contribution is -2.34. The molecule has 0 saturated heterocycles. The molecule has 0 bridgehead atoms. The molecule has 0 saturated carbocycles. The van der Waals surface area contributed by atoms with Crippen LogP contribution in [0.2, 0.25) is 0 Å². The quantitative estimate of drug-likeness (QED) is 0.269. The van der Waals surface area contributed by atoms with Crippen molar-refractivity contribution in [1.82, 2.24) is 0 Å². The highest BCUT2D eigenvalue weighted by Crippen LogP contribution is 2.28. The normalized spacial score (nSPS) is 12.6. The number of hydrogen-bond acceptors (Lipinski definition) is 3. The van der Waals surface area contributed by atoms with Gasteiger partial charge in [-0.2, -0.15) is 0 Å². The number of phenolic OH excluding ortho intramolecular Hbond substituents is 1. The van der Waals surface area contributed by atoms with Crippen LogP contribution in [0, 0.1) is 17.6 Å². The smallest absolute Gasteiger partial charge is 0.230 e. The number of nitrogens with zero attached hydrogens (tertiary/aromatic N) is 1. The lowest BCUT2D eigenvalue weighted by Gasteiger charge is -2.25. The lowest BCUT2D eigenvalue weighted by molar-refractivity contribution is -0.122. The number of anilines is 1. The number of carbonyl (C=O) groups is 1. The molecule has 0 aliphatic rings. The molecule has 0 aliphatic heterocycles. The summed E-state index contributed by atoms with van der Waals surface area (Å²) in [5, 5.41) is 20.4. The van der Waals surface area contributed by atoms with Crippen LogP contribution < -0.4 is 4.90 Å². The van der Waals surface area contributed by atoms with Crippen LogP contribution in [0.4, 0.5) is 14.5 Å². The standard InChI is InChI=1S/C31H29F2NO3/c1-34(28-16-14-27(33)15-17-28)31(37)25(11-18-30(36)23-9-12-26(32)13-10-23)19-21-5-7-22(8-6-21)24-3-2-4-29(35)20-24/h2-10,12-17,20,25,30,35-36H,11,18-19H2,1H3. The predicted molar refractivity (Wildman–Crippen MR) is 141 cm³/mol. The van der Waals surface area contributed by atoms with Gasteiger partial charge in [-0.15, -0.1) is 0 Å². The second kappa shape index (κ2) is 11.8. The van der Waals surface area contributed by atoms with Gasteiger partial charge in [0.2, 0.25) is 5.91 Å². The van der Waals surface area contributed by atoms with Crippen molar-refractivity contribution < 1.29 is 23.8 Å². The van der Waals surface area contributed by atoms with Crippen molar-refractivity contribution in [2.45, 2.75) is 25.4 Å². The molecule has 2 unspecified atom stereocenters. The molecule has 4 rings (SSSR count). The molecule has 0 aliphatic carbocycles. The first-order chi connectivity index (χ1) is 17.8. The molecule has 1 amide bonds. The van der Waals surface area contributed by atoms with E-state index < -0.39 is 12.0 Å². The monoisotopic (exact) mass is 501 g/mol. The van der Waals surface area contributed by atoms with Gasteiger partial charge < -0.3 is 15.1 Å². The molecule has 190 valence electrons. The van der Waals surface area contributed by atoms with Crippen molar-refractivity contribution in [1.29, 1.82) is 0 Å². The summed E-state index contributed by atoms with van der Waals surface area (Å²) < 4.78 is 26.7. The van der Waals surface area contributed by atoms with Gasteiger partial charge in [0.15, 0.2) is 0 Å². The van der Waals surface area contributed by atoms with E-state index in [1.54, 1.807) is 49.5 Å². The summed E-state index contributed by atoms with van der Waals surface area (Å²) in [6.45, 7) is 0. The molecule has 4 aromatic rings. The Morgan fingerprint density at radius 3 is 2.05 bits per heavy atom. The highest BCUT2D eigenvalue weighted by Gasteiger charge is 2.25. The Labute approximate surface area is 215 Å². The highest BCUT2D eigenvalue weighted by atomic mass is 19.1. The summed E-state index contributed by atoms with van der Waals surface area (Å²) >= 11 is 0. The van der Waals surface area contributed by atoms with E-state index in [-0.39, 0.29) is 23.3 Å². The number of benzene rings is 4. The third kappa shape index (κ3) is 6.80. The highest BCUT2D eigenvalue weighted by molar-refractivity contribution is 5.94. The van der Waals surface area contributed by atoms with E-state index in [0.717, 1.165) is 16.7 Å². The maximum absolute atomic E-state index is 13.5. The van der Waals surface area contributed by atoms with Crippen LogP contribution in [0.3, 0.4) is 0 Å². The second-order valence-corrected chi connectivity index (χ2v) is 9.17. The van der Waals surface area contributed by atoms with Crippen molar-refractivity contribution in [3.8, 4) is 16.9 Å². The fourth-order valence-electron chi connectivity index (χ4n) is 4.39. The predicted octanol–water partition coefficient (Wildman–Crippen LogP) is 6.67. The summed E-state index contributed by atoms with van der Waals surface area (Å²) in [5.74, 6) is -1.16. The first kappa shape index (κ1) is 26.0. The summed E-state index contributed by atoms with van der Waals surface area (Å²) in [6, 6.07) is 26.2. The zero-order valence-corrected chi connectivity index (χ0v) is 20.5. The molecule has 4 aromatic carbocycles. The van der Waals surface area contributed by atoms with Crippen LogP contribution in [0.25, 0.3) is 11.1 Å². The first-order valence-electron chi connectivity index (χ1n) is 12.1. The van der Waals surface area contributed by atoms with Crippen molar-refractivity contribution in [2.24, 2.45) is 5.92 Å². The Kier molecular flexibility index (Phi) is 8.31. The van der Waals surface area contributed by atoms with Gasteiger partial charge in [-0.3, -0.25) is 4.79 Å². The Bertz CT molecular complexity index is 1320. The number of rotatable bonds is 9. The van der Waals surface area contributed by atoms with Gasteiger partial charge in [-0.05, 0) is 90.0 Å². The average molecular weight is 502 g/mol. The van der Waals surface area contributed by atoms with E-state index in [1.165, 1.54) is 29.2 Å². The molecule has 2 N–H and O–H groups in total. The first-order valence-corrected chi connectivity index (χ1v) is 12.1. The molecule has 0 radical (unpaired) electrons. The van der Waals surface area contributed by atoms with Gasteiger partial charge in [-0.25, -0.2) is 8.78 Å². The minimum absolute atomic E-state index is 0.144. The van der Waals surface area contributed by atoms with Crippen molar-refractivity contribution in [2.75, 3.05) is 11.9 Å². The topological polar surface area (TPSA) is 60.8 Å². The number of amides is 1. The molecule has 0 fully saturated rings. The molecule has 2 atom stereocenters. The van der Waals surface area contributed by atoms with E-state index in [1.807, 2.05) is 30.3 Å². The van der Waals surface area contributed by atoms with Crippen LogP contribution in [0.15, 0.2) is 97.1 Å². The van der Waals surface area contributed by atoms with Crippen LogP contribution in [0.5, 0.6) is 5.75 Å². The van der Waals surface area contributed by atoms with Crippen molar-refractivity contribution in [3.63, 3.8) is 0 Å². The Morgan fingerprint density at radius 2 is 1.43 bits per heavy atom. The summed E-state index contributed by atoms with van der Waals surface area (Å²) in [6.07, 6.45) is 0.332. The Hall–Kier alpha value is -4.03. The van der Waals surface area contributed by atoms with Crippen LogP contribution >= 0.6 is 0 Å². The van der Waals surface area contributed by atoms with Crippen molar-refractivity contribution >= 4 is 11.6 Å². The fraction of sp³-hybridized carbons (Fsp3) is 0.194. The zero-order chi connectivity index (χ0) is 26.4. The largest absolute Gasteiger partial charge is 0.508 e. The second-order valence-electron chi connectivity index (χ2n) is 9.17. The molecule has 0 aromatic heterocycles. The maximum atomic E-state index is 13.5. The molecule has 37 heavy (non-hydrogen) atoms. The molecular weight excluding hydrogens is 472 g/mol. The third-order valence-corrected chi connectivity index (χ3v) is 6.55. The number of carbonyl (C=O) groups excluding carboxylic acids is 1. The van der Waals surface area contributed by atoms with E-state index >= 15 is 0 Å². The van der Waals surface area contributed by atoms with Crippen molar-refractivity contribution in [3.05, 3.63) is 120 Å². The maximum Gasteiger partial charge on any atom is 0.230 e. The van der Waals surface area contributed by atoms with Gasteiger partial charge in [0.1, 0.15) is 17.4 Å². The van der Waals surface area contributed by atoms with E-state index in [4.69, 9.17) is 0 Å². The Balaban J connectivity index is 1.52. The Morgan fingerprint density at radius 1 is 0.811 bits per heavy atom. The van der Waals surface area contributed by atoms with Gasteiger partial charge in [0.25, 0.3) is 0 Å². The number of aliphatic hydroxyl groups is 1. The average Bonchev–Trinajstić information content (AvgIpc) is 2.91. The molecular formula is C31H29F2NO3. The molecule has 4 nitrogen and oxygen atoms in total. The minimum Gasteiger partial charge on any atom is -0.508 e. The van der Waals surface area contributed by atoms with Gasteiger partial charge >= 0.3 is 0 Å². The zero-order valence-electron chi connectivity index (χ0n) is 20.5. The number of phenols is 1. The van der Waals surface area contributed by atoms with Gasteiger partial charge in [0, 0.05) is 18.7 Å². The number of hydrogen-bond donors (Lipinski definition) is 2.